The van der Waals surface area contributed by atoms with Gasteiger partial charge in [0.05, 0.1) is 13.2 Å². The Morgan fingerprint density at radius 1 is 1.50 bits per heavy atom. The normalized spacial score (nSPS) is 16.9. The first-order valence-corrected chi connectivity index (χ1v) is 7.40. The molecule has 1 atom stereocenters. The highest BCUT2D eigenvalue weighted by Gasteiger charge is 2.18. The average Bonchev–Trinajstić information content (AvgIpc) is 2.45. The van der Waals surface area contributed by atoms with Crippen molar-refractivity contribution in [1.82, 2.24) is 4.90 Å². The van der Waals surface area contributed by atoms with Gasteiger partial charge in [-0.05, 0) is 19.1 Å². The Hall–Kier alpha value is -1.11. The van der Waals surface area contributed by atoms with E-state index in [0.29, 0.717) is 32.1 Å². The van der Waals surface area contributed by atoms with Gasteiger partial charge in [-0.2, -0.15) is 0 Å². The molecule has 1 amide bonds. The second-order valence-electron chi connectivity index (χ2n) is 4.75. The molecule has 2 N–H and O–H groups in total. The quantitative estimate of drug-likeness (QED) is 0.904. The number of ether oxygens (including phenoxy) is 2. The molecule has 2 rings (SSSR count). The molecule has 0 aromatic heterocycles. The van der Waals surface area contributed by atoms with Crippen molar-refractivity contribution in [2.24, 2.45) is 5.73 Å². The predicted molar refractivity (Wildman–Crippen MR) is 79.6 cm³/mol. The van der Waals surface area contributed by atoms with Crippen molar-refractivity contribution < 1.29 is 14.3 Å². The highest BCUT2D eigenvalue weighted by molar-refractivity contribution is 9.10. The van der Waals surface area contributed by atoms with Crippen molar-refractivity contribution in [2.75, 3.05) is 32.9 Å². The number of nitrogens with two attached hydrogens (primary N) is 1. The highest BCUT2D eigenvalue weighted by Crippen LogP contribution is 2.27. The topological polar surface area (TPSA) is 64.8 Å². The van der Waals surface area contributed by atoms with E-state index in [9.17, 15) is 4.79 Å². The Labute approximate surface area is 127 Å². The van der Waals surface area contributed by atoms with E-state index in [-0.39, 0.29) is 18.6 Å². The number of morpholine rings is 1. The number of halogens is 1. The van der Waals surface area contributed by atoms with Gasteiger partial charge in [0.2, 0.25) is 0 Å². The lowest BCUT2D eigenvalue weighted by atomic mass is 10.1. The Balaban J connectivity index is 1.99. The number of carbonyl (C=O) groups excluding carboxylic acids is 1. The minimum Gasteiger partial charge on any atom is -0.483 e. The summed E-state index contributed by atoms with van der Waals surface area (Å²) in [7, 11) is 0. The molecule has 1 aliphatic heterocycles. The number of rotatable bonds is 4. The van der Waals surface area contributed by atoms with Crippen LogP contribution in [0.2, 0.25) is 0 Å². The third-order valence-corrected chi connectivity index (χ3v) is 3.67. The van der Waals surface area contributed by atoms with E-state index < -0.39 is 0 Å². The van der Waals surface area contributed by atoms with E-state index in [4.69, 9.17) is 15.2 Å². The van der Waals surface area contributed by atoms with Crippen LogP contribution < -0.4 is 10.5 Å². The van der Waals surface area contributed by atoms with Crippen LogP contribution in [0.5, 0.6) is 5.75 Å². The Morgan fingerprint density at radius 2 is 2.20 bits per heavy atom. The van der Waals surface area contributed by atoms with Gasteiger partial charge < -0.3 is 20.1 Å². The number of benzene rings is 1. The van der Waals surface area contributed by atoms with Crippen LogP contribution in [0.4, 0.5) is 0 Å². The van der Waals surface area contributed by atoms with E-state index in [1.165, 1.54) is 0 Å². The van der Waals surface area contributed by atoms with Crippen LogP contribution in [-0.2, 0) is 9.53 Å². The minimum atomic E-state index is -0.142. The summed E-state index contributed by atoms with van der Waals surface area (Å²) in [6.07, 6.45) is 0. The molecule has 1 aromatic rings. The van der Waals surface area contributed by atoms with Crippen LogP contribution >= 0.6 is 15.9 Å². The van der Waals surface area contributed by atoms with Crippen molar-refractivity contribution in [3.63, 3.8) is 0 Å². The standard InChI is InChI=1S/C14H19BrN2O3/c1-10(16)12-3-2-11(15)8-13(12)20-9-14(18)17-4-6-19-7-5-17/h2-3,8,10H,4-7,9,16H2,1H3/t10-/m0/s1. The van der Waals surface area contributed by atoms with Gasteiger partial charge in [-0.3, -0.25) is 4.79 Å². The van der Waals surface area contributed by atoms with E-state index in [1.54, 1.807) is 4.90 Å². The molecule has 0 unspecified atom stereocenters. The summed E-state index contributed by atoms with van der Waals surface area (Å²) in [5, 5.41) is 0. The van der Waals surface area contributed by atoms with Gasteiger partial charge in [-0.1, -0.05) is 22.0 Å². The van der Waals surface area contributed by atoms with Gasteiger partial charge in [0.15, 0.2) is 6.61 Å². The number of hydrogen-bond donors (Lipinski definition) is 1. The third-order valence-electron chi connectivity index (χ3n) is 3.18. The van der Waals surface area contributed by atoms with Crippen LogP contribution in [-0.4, -0.2) is 43.7 Å². The fraction of sp³-hybridized carbons (Fsp3) is 0.500. The Morgan fingerprint density at radius 3 is 2.85 bits per heavy atom. The first kappa shape index (κ1) is 15.3. The maximum Gasteiger partial charge on any atom is 0.260 e. The fourth-order valence-corrected chi connectivity index (χ4v) is 2.39. The van der Waals surface area contributed by atoms with Gasteiger partial charge in [0, 0.05) is 29.2 Å². The van der Waals surface area contributed by atoms with E-state index in [1.807, 2.05) is 25.1 Å². The van der Waals surface area contributed by atoms with Crippen molar-refractivity contribution in [3.05, 3.63) is 28.2 Å². The lowest BCUT2D eigenvalue weighted by Gasteiger charge is -2.27. The van der Waals surface area contributed by atoms with Crippen LogP contribution in [0.3, 0.4) is 0 Å². The molecule has 0 spiro atoms. The molecule has 1 heterocycles. The maximum absolute atomic E-state index is 12.0. The summed E-state index contributed by atoms with van der Waals surface area (Å²) in [4.78, 5) is 13.8. The molecule has 1 fully saturated rings. The molecular formula is C14H19BrN2O3. The predicted octanol–water partition coefficient (Wildman–Crippen LogP) is 1.71. The molecular weight excluding hydrogens is 324 g/mol. The molecule has 5 nitrogen and oxygen atoms in total. The molecule has 1 aliphatic rings. The molecule has 20 heavy (non-hydrogen) atoms. The summed E-state index contributed by atoms with van der Waals surface area (Å²) < 4.78 is 11.8. The van der Waals surface area contributed by atoms with Crippen molar-refractivity contribution >= 4 is 21.8 Å². The Kier molecular flexibility index (Phi) is 5.39. The zero-order valence-corrected chi connectivity index (χ0v) is 13.1. The molecule has 0 saturated carbocycles. The SMILES string of the molecule is C[C@H](N)c1ccc(Br)cc1OCC(=O)N1CCOCC1. The molecule has 6 heteroatoms. The zero-order valence-electron chi connectivity index (χ0n) is 11.5. The summed E-state index contributed by atoms with van der Waals surface area (Å²) in [5.74, 6) is 0.625. The molecule has 110 valence electrons. The highest BCUT2D eigenvalue weighted by atomic mass is 79.9. The second-order valence-corrected chi connectivity index (χ2v) is 5.67. The van der Waals surface area contributed by atoms with Crippen molar-refractivity contribution in [1.29, 1.82) is 0 Å². The number of carbonyl (C=O) groups is 1. The zero-order chi connectivity index (χ0) is 14.5. The van der Waals surface area contributed by atoms with Gasteiger partial charge in [-0.15, -0.1) is 0 Å². The summed E-state index contributed by atoms with van der Waals surface area (Å²) in [6, 6.07) is 5.51. The summed E-state index contributed by atoms with van der Waals surface area (Å²) in [6.45, 7) is 4.35. The molecule has 1 aromatic carbocycles. The van der Waals surface area contributed by atoms with Gasteiger partial charge in [0.1, 0.15) is 5.75 Å². The first-order chi connectivity index (χ1) is 9.58. The lowest BCUT2D eigenvalue weighted by Crippen LogP contribution is -2.43. The molecule has 0 radical (unpaired) electrons. The second kappa shape index (κ2) is 7.06. The molecule has 0 aliphatic carbocycles. The summed E-state index contributed by atoms with van der Waals surface area (Å²) in [5.41, 5.74) is 6.80. The van der Waals surface area contributed by atoms with Gasteiger partial charge >= 0.3 is 0 Å². The minimum absolute atomic E-state index is 0.0240. The smallest absolute Gasteiger partial charge is 0.260 e. The monoisotopic (exact) mass is 342 g/mol. The van der Waals surface area contributed by atoms with Crippen molar-refractivity contribution in [3.8, 4) is 5.75 Å². The first-order valence-electron chi connectivity index (χ1n) is 6.61. The van der Waals surface area contributed by atoms with Crippen LogP contribution in [0.25, 0.3) is 0 Å². The number of hydrogen-bond acceptors (Lipinski definition) is 4. The van der Waals surface area contributed by atoms with Crippen LogP contribution in [0.15, 0.2) is 22.7 Å². The van der Waals surface area contributed by atoms with E-state index >= 15 is 0 Å². The fourth-order valence-electron chi connectivity index (χ4n) is 2.05. The lowest BCUT2D eigenvalue weighted by molar-refractivity contribution is -0.137. The van der Waals surface area contributed by atoms with Crippen molar-refractivity contribution in [2.45, 2.75) is 13.0 Å². The molecule has 1 saturated heterocycles. The number of nitrogens with zero attached hydrogens (tertiary/aromatic N) is 1. The third kappa shape index (κ3) is 3.94. The van der Waals surface area contributed by atoms with E-state index in [0.717, 1.165) is 10.0 Å². The largest absolute Gasteiger partial charge is 0.483 e. The number of amides is 1. The van der Waals surface area contributed by atoms with E-state index in [2.05, 4.69) is 15.9 Å². The summed E-state index contributed by atoms with van der Waals surface area (Å²) >= 11 is 3.40. The molecule has 0 bridgehead atoms. The van der Waals surface area contributed by atoms with Crippen LogP contribution in [0.1, 0.15) is 18.5 Å². The van der Waals surface area contributed by atoms with Gasteiger partial charge in [0.25, 0.3) is 5.91 Å². The average molecular weight is 343 g/mol. The van der Waals surface area contributed by atoms with Gasteiger partial charge in [-0.25, -0.2) is 0 Å². The Bertz CT molecular complexity index is 473. The maximum atomic E-state index is 12.0. The van der Waals surface area contributed by atoms with Crippen LogP contribution in [0, 0.1) is 0 Å².